The van der Waals surface area contributed by atoms with Crippen molar-refractivity contribution in [3.05, 3.63) is 70.8 Å². The molecule has 3 heteroatoms. The van der Waals surface area contributed by atoms with E-state index in [9.17, 15) is 4.79 Å². The van der Waals surface area contributed by atoms with E-state index in [-0.39, 0.29) is 0 Å². The molecule has 0 aliphatic heterocycles. The summed E-state index contributed by atoms with van der Waals surface area (Å²) in [6, 6.07) is 15.9. The summed E-state index contributed by atoms with van der Waals surface area (Å²) in [5, 5.41) is 8.86. The lowest BCUT2D eigenvalue weighted by molar-refractivity contribution is 0.0697. The van der Waals surface area contributed by atoms with E-state index in [1.165, 1.54) is 11.1 Å². The minimum absolute atomic E-state index is 0.341. The Morgan fingerprint density at radius 3 is 1.86 bits per heavy atom. The lowest BCUT2D eigenvalue weighted by Crippen LogP contribution is -1.95. The van der Waals surface area contributed by atoms with Gasteiger partial charge in [-0.2, -0.15) is 11.8 Å². The lowest BCUT2D eigenvalue weighted by atomic mass is 10.0. The zero-order valence-electron chi connectivity index (χ0n) is 12.4. The Labute approximate surface area is 130 Å². The fourth-order valence-electron chi connectivity index (χ4n) is 2.03. The van der Waals surface area contributed by atoms with Crippen molar-refractivity contribution in [2.75, 3.05) is 0 Å². The molecule has 0 heterocycles. The van der Waals surface area contributed by atoms with Gasteiger partial charge in [-0.25, -0.2) is 4.79 Å². The highest BCUT2D eigenvalue weighted by molar-refractivity contribution is 7.97. The van der Waals surface area contributed by atoms with Gasteiger partial charge in [0.05, 0.1) is 5.56 Å². The molecule has 1 N–H and O–H groups in total. The van der Waals surface area contributed by atoms with Crippen LogP contribution in [-0.4, -0.2) is 11.1 Å². The molecule has 0 saturated carbocycles. The van der Waals surface area contributed by atoms with Crippen molar-refractivity contribution in [2.24, 2.45) is 0 Å². The molecule has 2 aromatic carbocycles. The summed E-state index contributed by atoms with van der Waals surface area (Å²) in [5.74, 6) is 1.56. The fourth-order valence-corrected chi connectivity index (χ4v) is 2.99. The molecular weight excluding hydrogens is 280 g/mol. The number of hydrogen-bond donors (Lipinski definition) is 1. The third kappa shape index (κ3) is 4.64. The molecule has 0 atom stereocenters. The van der Waals surface area contributed by atoms with Gasteiger partial charge in [0.2, 0.25) is 0 Å². The van der Waals surface area contributed by atoms with Crippen LogP contribution < -0.4 is 0 Å². The Bertz CT molecular complexity index is 586. The molecular formula is C18H20O2S. The number of rotatable bonds is 6. The van der Waals surface area contributed by atoms with Crippen molar-refractivity contribution < 1.29 is 9.90 Å². The molecule has 0 bridgehead atoms. The topological polar surface area (TPSA) is 37.3 Å². The van der Waals surface area contributed by atoms with Crippen LogP contribution in [0.15, 0.2) is 48.5 Å². The van der Waals surface area contributed by atoms with E-state index in [1.54, 1.807) is 12.1 Å². The number of benzene rings is 2. The minimum Gasteiger partial charge on any atom is -0.478 e. The van der Waals surface area contributed by atoms with E-state index < -0.39 is 5.97 Å². The highest BCUT2D eigenvalue weighted by Gasteiger charge is 2.02. The van der Waals surface area contributed by atoms with E-state index in [1.807, 2.05) is 23.9 Å². The standard InChI is InChI=1S/C18H20O2S/c1-13(2)16-7-3-14(4-8-16)11-21-12-15-5-9-17(10-6-15)18(19)20/h3-10,13H,11-12H2,1-2H3,(H,19,20). The maximum absolute atomic E-state index is 10.8. The highest BCUT2D eigenvalue weighted by Crippen LogP contribution is 2.20. The van der Waals surface area contributed by atoms with E-state index in [0.29, 0.717) is 11.5 Å². The summed E-state index contributed by atoms with van der Waals surface area (Å²) < 4.78 is 0. The monoisotopic (exact) mass is 300 g/mol. The molecule has 0 amide bonds. The zero-order valence-corrected chi connectivity index (χ0v) is 13.2. The molecule has 0 aliphatic rings. The molecule has 0 saturated heterocycles. The summed E-state index contributed by atoms with van der Waals surface area (Å²) in [5.41, 5.74) is 4.19. The van der Waals surface area contributed by atoms with Crippen molar-refractivity contribution in [2.45, 2.75) is 31.3 Å². The van der Waals surface area contributed by atoms with Crippen LogP contribution in [-0.2, 0) is 11.5 Å². The average molecular weight is 300 g/mol. The molecule has 2 rings (SSSR count). The maximum Gasteiger partial charge on any atom is 0.335 e. The first kappa shape index (κ1) is 15.6. The van der Waals surface area contributed by atoms with Crippen LogP contribution in [0.3, 0.4) is 0 Å². The minimum atomic E-state index is -0.876. The summed E-state index contributed by atoms with van der Waals surface area (Å²) >= 11 is 1.84. The predicted octanol–water partition coefficient (Wildman–Crippen LogP) is 4.94. The summed E-state index contributed by atoms with van der Waals surface area (Å²) in [7, 11) is 0. The van der Waals surface area contributed by atoms with Gasteiger partial charge < -0.3 is 5.11 Å². The molecule has 0 aliphatic carbocycles. The molecule has 0 fully saturated rings. The maximum atomic E-state index is 10.8. The lowest BCUT2D eigenvalue weighted by Gasteiger charge is -2.07. The fraction of sp³-hybridized carbons (Fsp3) is 0.278. The number of carboxylic acid groups (broad SMARTS) is 1. The van der Waals surface area contributed by atoms with E-state index in [0.717, 1.165) is 17.1 Å². The van der Waals surface area contributed by atoms with Gasteiger partial charge in [0.25, 0.3) is 0 Å². The second-order valence-electron chi connectivity index (χ2n) is 5.39. The third-order valence-corrected chi connectivity index (χ3v) is 4.46. The Balaban J connectivity index is 1.85. The summed E-state index contributed by atoms with van der Waals surface area (Å²) in [4.78, 5) is 10.8. The number of carboxylic acids is 1. The van der Waals surface area contributed by atoms with Crippen LogP contribution in [0.1, 0.15) is 46.8 Å². The Morgan fingerprint density at radius 1 is 0.952 bits per heavy atom. The van der Waals surface area contributed by atoms with Crippen LogP contribution in [0.5, 0.6) is 0 Å². The van der Waals surface area contributed by atoms with Gasteiger partial charge in [-0.15, -0.1) is 0 Å². The second-order valence-corrected chi connectivity index (χ2v) is 6.38. The van der Waals surface area contributed by atoms with Crippen molar-refractivity contribution in [3.8, 4) is 0 Å². The first-order valence-electron chi connectivity index (χ1n) is 7.05. The number of carbonyl (C=O) groups is 1. The molecule has 21 heavy (non-hydrogen) atoms. The number of hydrogen-bond acceptors (Lipinski definition) is 2. The van der Waals surface area contributed by atoms with Gasteiger partial charge in [-0.3, -0.25) is 0 Å². The van der Waals surface area contributed by atoms with Crippen LogP contribution in [0.2, 0.25) is 0 Å². The Kier molecular flexibility index (Phi) is 5.45. The van der Waals surface area contributed by atoms with Gasteiger partial charge in [0, 0.05) is 11.5 Å². The van der Waals surface area contributed by atoms with Crippen molar-refractivity contribution in [1.29, 1.82) is 0 Å². The van der Waals surface area contributed by atoms with Crippen molar-refractivity contribution in [3.63, 3.8) is 0 Å². The molecule has 0 spiro atoms. The number of thioether (sulfide) groups is 1. The van der Waals surface area contributed by atoms with Crippen LogP contribution in [0.25, 0.3) is 0 Å². The average Bonchev–Trinajstić information content (AvgIpc) is 2.48. The molecule has 2 nitrogen and oxygen atoms in total. The summed E-state index contributed by atoms with van der Waals surface area (Å²) in [6.45, 7) is 4.40. The normalized spacial score (nSPS) is 10.8. The van der Waals surface area contributed by atoms with Crippen LogP contribution >= 0.6 is 11.8 Å². The van der Waals surface area contributed by atoms with Gasteiger partial charge in [0.1, 0.15) is 0 Å². The molecule has 2 aromatic rings. The summed E-state index contributed by atoms with van der Waals surface area (Å²) in [6.07, 6.45) is 0. The van der Waals surface area contributed by atoms with Gasteiger partial charge >= 0.3 is 5.97 Å². The molecule has 0 radical (unpaired) electrons. The Hall–Kier alpha value is -1.74. The van der Waals surface area contributed by atoms with E-state index in [2.05, 4.69) is 38.1 Å². The first-order valence-corrected chi connectivity index (χ1v) is 8.20. The van der Waals surface area contributed by atoms with Crippen molar-refractivity contribution >= 4 is 17.7 Å². The highest BCUT2D eigenvalue weighted by atomic mass is 32.2. The SMILES string of the molecule is CC(C)c1ccc(CSCc2ccc(C(=O)O)cc2)cc1. The van der Waals surface area contributed by atoms with E-state index in [4.69, 9.17) is 5.11 Å². The molecule has 0 unspecified atom stereocenters. The quantitative estimate of drug-likeness (QED) is 0.821. The predicted molar refractivity (Wildman–Crippen MR) is 88.9 cm³/mol. The van der Waals surface area contributed by atoms with Gasteiger partial charge in [0.15, 0.2) is 0 Å². The van der Waals surface area contributed by atoms with E-state index >= 15 is 0 Å². The second kappa shape index (κ2) is 7.32. The molecule has 0 aromatic heterocycles. The van der Waals surface area contributed by atoms with Crippen LogP contribution in [0, 0.1) is 0 Å². The van der Waals surface area contributed by atoms with Gasteiger partial charge in [-0.1, -0.05) is 50.2 Å². The first-order chi connectivity index (χ1) is 10.1. The Morgan fingerprint density at radius 2 is 1.43 bits per heavy atom. The van der Waals surface area contributed by atoms with Crippen molar-refractivity contribution in [1.82, 2.24) is 0 Å². The third-order valence-electron chi connectivity index (χ3n) is 3.38. The largest absolute Gasteiger partial charge is 0.478 e. The number of aromatic carboxylic acids is 1. The van der Waals surface area contributed by atoms with Gasteiger partial charge in [-0.05, 0) is 34.7 Å². The van der Waals surface area contributed by atoms with Crippen LogP contribution in [0.4, 0.5) is 0 Å². The zero-order chi connectivity index (χ0) is 15.2. The smallest absolute Gasteiger partial charge is 0.335 e. The molecule has 110 valence electrons.